The highest BCUT2D eigenvalue weighted by Gasteiger charge is 2.34. The van der Waals surface area contributed by atoms with Crippen LogP contribution in [-0.2, 0) is 34.1 Å². The molecule has 3 rings (SSSR count). The highest BCUT2D eigenvalue weighted by molar-refractivity contribution is 7.88. The second kappa shape index (κ2) is 6.43. The maximum Gasteiger partial charge on any atom is 0.218 e. The molecule has 1 atom stereocenters. The van der Waals surface area contributed by atoms with E-state index in [-0.39, 0.29) is 11.7 Å². The molecule has 0 spiro atoms. The van der Waals surface area contributed by atoms with Gasteiger partial charge in [0, 0.05) is 44.9 Å². The SMILES string of the molecule is COC[C@H]1CN(S(=O)(=O)Cc2ccccc2)Cc2cn(C)nc21. The van der Waals surface area contributed by atoms with Crippen LogP contribution in [0, 0.1) is 0 Å². The lowest BCUT2D eigenvalue weighted by molar-refractivity contribution is 0.161. The molecule has 6 nitrogen and oxygen atoms in total. The Hall–Kier alpha value is -1.70. The molecule has 0 N–H and O–H groups in total. The molecule has 2 heterocycles. The van der Waals surface area contributed by atoms with E-state index >= 15 is 0 Å². The molecule has 7 heteroatoms. The Bertz CT molecular complexity index is 771. The Balaban J connectivity index is 1.85. The largest absolute Gasteiger partial charge is 0.384 e. The van der Waals surface area contributed by atoms with Crippen molar-refractivity contribution >= 4 is 10.0 Å². The lowest BCUT2D eigenvalue weighted by Gasteiger charge is -2.30. The Morgan fingerprint density at radius 1 is 1.30 bits per heavy atom. The summed E-state index contributed by atoms with van der Waals surface area (Å²) in [7, 11) is 0.0969. The fraction of sp³-hybridized carbons (Fsp3) is 0.438. The molecule has 124 valence electrons. The predicted octanol–water partition coefficient (Wildman–Crippen LogP) is 1.50. The third kappa shape index (κ3) is 3.46. The Kier molecular flexibility index (Phi) is 4.52. The summed E-state index contributed by atoms with van der Waals surface area (Å²) in [6.45, 7) is 1.24. The lowest BCUT2D eigenvalue weighted by Crippen LogP contribution is -2.39. The second-order valence-electron chi connectivity index (χ2n) is 5.90. The number of sulfonamides is 1. The van der Waals surface area contributed by atoms with Gasteiger partial charge in [-0.1, -0.05) is 30.3 Å². The van der Waals surface area contributed by atoms with Crippen molar-refractivity contribution in [2.45, 2.75) is 18.2 Å². The average molecular weight is 335 g/mol. The van der Waals surface area contributed by atoms with Gasteiger partial charge in [0.1, 0.15) is 0 Å². The first-order valence-electron chi connectivity index (χ1n) is 7.52. The van der Waals surface area contributed by atoms with Crippen LogP contribution in [0.25, 0.3) is 0 Å². The Morgan fingerprint density at radius 2 is 2.04 bits per heavy atom. The summed E-state index contributed by atoms with van der Waals surface area (Å²) in [4.78, 5) is 0. The summed E-state index contributed by atoms with van der Waals surface area (Å²) in [5.74, 6) is -0.0149. The molecule has 0 radical (unpaired) electrons. The van der Waals surface area contributed by atoms with E-state index in [4.69, 9.17) is 4.74 Å². The van der Waals surface area contributed by atoms with Gasteiger partial charge in [0.15, 0.2) is 0 Å². The van der Waals surface area contributed by atoms with Crippen molar-refractivity contribution in [2.75, 3.05) is 20.3 Å². The van der Waals surface area contributed by atoms with Gasteiger partial charge in [-0.15, -0.1) is 0 Å². The molecule has 1 aromatic heterocycles. The number of hydrogen-bond donors (Lipinski definition) is 0. The van der Waals surface area contributed by atoms with E-state index in [1.807, 2.05) is 43.6 Å². The van der Waals surface area contributed by atoms with Crippen molar-refractivity contribution in [3.8, 4) is 0 Å². The van der Waals surface area contributed by atoms with E-state index in [1.165, 1.54) is 0 Å². The summed E-state index contributed by atoms with van der Waals surface area (Å²) >= 11 is 0. The van der Waals surface area contributed by atoms with Crippen LogP contribution in [-0.4, -0.2) is 42.8 Å². The van der Waals surface area contributed by atoms with E-state index in [0.29, 0.717) is 19.7 Å². The first-order chi connectivity index (χ1) is 11.0. The highest BCUT2D eigenvalue weighted by Crippen LogP contribution is 2.29. The molecule has 23 heavy (non-hydrogen) atoms. The quantitative estimate of drug-likeness (QED) is 0.830. The number of benzene rings is 1. The topological polar surface area (TPSA) is 64.4 Å². The van der Waals surface area contributed by atoms with Crippen molar-refractivity contribution in [3.63, 3.8) is 0 Å². The monoisotopic (exact) mass is 335 g/mol. The van der Waals surface area contributed by atoms with Gasteiger partial charge < -0.3 is 4.74 Å². The maximum absolute atomic E-state index is 12.8. The zero-order valence-electron chi connectivity index (χ0n) is 13.3. The zero-order valence-corrected chi connectivity index (χ0v) is 14.2. The minimum Gasteiger partial charge on any atom is -0.384 e. The average Bonchev–Trinajstić information content (AvgIpc) is 2.88. The van der Waals surface area contributed by atoms with E-state index in [1.54, 1.807) is 16.1 Å². The van der Waals surface area contributed by atoms with E-state index in [2.05, 4.69) is 5.10 Å². The van der Waals surface area contributed by atoms with Gasteiger partial charge in [-0.25, -0.2) is 8.42 Å². The Morgan fingerprint density at radius 3 is 2.74 bits per heavy atom. The fourth-order valence-electron chi connectivity index (χ4n) is 3.03. The number of fused-ring (bicyclic) bond motifs is 1. The van der Waals surface area contributed by atoms with Gasteiger partial charge in [-0.3, -0.25) is 4.68 Å². The first-order valence-corrected chi connectivity index (χ1v) is 9.13. The molecular formula is C16H21N3O3S. The fourth-order valence-corrected chi connectivity index (χ4v) is 4.57. The van der Waals surface area contributed by atoms with Crippen LogP contribution in [0.3, 0.4) is 0 Å². The van der Waals surface area contributed by atoms with Crippen LogP contribution in [0.1, 0.15) is 22.7 Å². The third-order valence-corrected chi connectivity index (χ3v) is 5.81. The minimum absolute atomic E-state index is 0.0170. The van der Waals surface area contributed by atoms with Crippen LogP contribution in [0.2, 0.25) is 0 Å². The van der Waals surface area contributed by atoms with E-state index < -0.39 is 10.0 Å². The molecule has 0 saturated carbocycles. The molecule has 2 aromatic rings. The van der Waals surface area contributed by atoms with Crippen LogP contribution in [0.5, 0.6) is 0 Å². The standard InChI is InChI=1S/C16H21N3O3S/c1-18-8-14-9-19(10-15(11-22-2)16(14)17-18)23(20,21)12-13-6-4-3-5-7-13/h3-8,15H,9-12H2,1-2H3/t15-/m1/s1. The van der Waals surface area contributed by atoms with Gasteiger partial charge in [0.25, 0.3) is 0 Å². The second-order valence-corrected chi connectivity index (χ2v) is 7.87. The van der Waals surface area contributed by atoms with Crippen LogP contribution < -0.4 is 0 Å². The molecule has 0 bridgehead atoms. The smallest absolute Gasteiger partial charge is 0.218 e. The molecule has 1 aromatic carbocycles. The van der Waals surface area contributed by atoms with Crippen LogP contribution >= 0.6 is 0 Å². The highest BCUT2D eigenvalue weighted by atomic mass is 32.2. The Labute approximate surface area is 136 Å². The third-order valence-electron chi connectivity index (χ3n) is 4.05. The van der Waals surface area contributed by atoms with E-state index in [9.17, 15) is 8.42 Å². The number of rotatable bonds is 5. The molecule has 1 aliphatic heterocycles. The van der Waals surface area contributed by atoms with Crippen molar-refractivity contribution < 1.29 is 13.2 Å². The summed E-state index contributed by atoms with van der Waals surface area (Å²) < 4.78 is 34.1. The van der Waals surface area contributed by atoms with E-state index in [0.717, 1.165) is 16.8 Å². The van der Waals surface area contributed by atoms with Gasteiger partial charge in [0.2, 0.25) is 10.0 Å². The molecular weight excluding hydrogens is 314 g/mol. The van der Waals surface area contributed by atoms with Gasteiger partial charge in [-0.05, 0) is 5.56 Å². The summed E-state index contributed by atoms with van der Waals surface area (Å²) in [5.41, 5.74) is 2.70. The summed E-state index contributed by atoms with van der Waals surface area (Å²) in [5, 5.41) is 4.47. The van der Waals surface area contributed by atoms with Crippen LogP contribution in [0.15, 0.2) is 36.5 Å². The predicted molar refractivity (Wildman–Crippen MR) is 87.3 cm³/mol. The normalized spacial score (nSPS) is 18.8. The van der Waals surface area contributed by atoms with Crippen molar-refractivity contribution in [1.29, 1.82) is 0 Å². The molecule has 0 aliphatic carbocycles. The molecule has 0 fully saturated rings. The number of hydrogen-bond acceptors (Lipinski definition) is 4. The minimum atomic E-state index is -3.38. The number of aryl methyl sites for hydroxylation is 1. The zero-order chi connectivity index (χ0) is 16.4. The summed E-state index contributed by atoms with van der Waals surface area (Å²) in [6.07, 6.45) is 1.89. The van der Waals surface area contributed by atoms with Gasteiger partial charge in [-0.2, -0.15) is 9.40 Å². The number of methoxy groups -OCH3 is 1. The molecule has 0 amide bonds. The number of ether oxygens (including phenoxy) is 1. The van der Waals surface area contributed by atoms with Crippen LogP contribution in [0.4, 0.5) is 0 Å². The van der Waals surface area contributed by atoms with Crippen molar-refractivity contribution in [1.82, 2.24) is 14.1 Å². The molecule has 0 unspecified atom stereocenters. The van der Waals surface area contributed by atoms with Gasteiger partial charge >= 0.3 is 0 Å². The van der Waals surface area contributed by atoms with Gasteiger partial charge in [0.05, 0.1) is 18.1 Å². The number of nitrogens with zero attached hydrogens (tertiary/aromatic N) is 3. The molecule has 0 saturated heterocycles. The molecule has 1 aliphatic rings. The van der Waals surface area contributed by atoms with Crippen molar-refractivity contribution in [3.05, 3.63) is 53.3 Å². The first kappa shape index (κ1) is 16.2. The maximum atomic E-state index is 12.8. The lowest BCUT2D eigenvalue weighted by atomic mass is 9.99. The van der Waals surface area contributed by atoms with Crippen molar-refractivity contribution in [2.24, 2.45) is 7.05 Å². The number of aromatic nitrogens is 2. The summed E-state index contributed by atoms with van der Waals surface area (Å²) in [6, 6.07) is 9.27.